The Hall–Kier alpha value is -0.610. The van der Waals surface area contributed by atoms with Crippen molar-refractivity contribution in [1.29, 1.82) is 0 Å². The number of hydrogen-bond acceptors (Lipinski definition) is 3. The molecule has 2 heterocycles. The van der Waals surface area contributed by atoms with Gasteiger partial charge in [-0.1, -0.05) is 20.8 Å². The molecule has 2 rings (SSSR count). The number of nitrogens with zero attached hydrogens (tertiary/aromatic N) is 1. The fraction of sp³-hybridized carbons (Fsp3) is 0.938. The first kappa shape index (κ1) is 15.8. The fourth-order valence-corrected chi connectivity index (χ4v) is 3.47. The third-order valence-electron chi connectivity index (χ3n) is 5.20. The SMILES string of the molecule is CCC1(C)NC(C(C)C)N(C(C)C2CCOCC2)C1=O. The molecule has 0 bridgehead atoms. The summed E-state index contributed by atoms with van der Waals surface area (Å²) in [6.45, 7) is 12.4. The van der Waals surface area contributed by atoms with Crippen molar-refractivity contribution in [3.63, 3.8) is 0 Å². The van der Waals surface area contributed by atoms with Gasteiger partial charge in [-0.25, -0.2) is 0 Å². The molecule has 1 N–H and O–H groups in total. The second-order valence-corrected chi connectivity index (χ2v) is 6.92. The highest BCUT2D eigenvalue weighted by Gasteiger charge is 2.50. The number of amides is 1. The van der Waals surface area contributed by atoms with Gasteiger partial charge >= 0.3 is 0 Å². The quantitative estimate of drug-likeness (QED) is 0.861. The van der Waals surface area contributed by atoms with E-state index in [0.29, 0.717) is 17.9 Å². The average Bonchev–Trinajstić information content (AvgIpc) is 2.72. The molecule has 0 saturated carbocycles. The smallest absolute Gasteiger partial charge is 0.244 e. The fourth-order valence-electron chi connectivity index (χ4n) is 3.47. The Bertz CT molecular complexity index is 352. The van der Waals surface area contributed by atoms with Crippen LogP contribution in [-0.4, -0.2) is 41.8 Å². The van der Waals surface area contributed by atoms with Crippen LogP contribution in [0.25, 0.3) is 0 Å². The minimum Gasteiger partial charge on any atom is -0.381 e. The monoisotopic (exact) mass is 282 g/mol. The van der Waals surface area contributed by atoms with Gasteiger partial charge in [0.1, 0.15) is 0 Å². The van der Waals surface area contributed by atoms with Crippen LogP contribution >= 0.6 is 0 Å². The van der Waals surface area contributed by atoms with Crippen molar-refractivity contribution in [2.24, 2.45) is 11.8 Å². The highest BCUT2D eigenvalue weighted by Crippen LogP contribution is 2.33. The van der Waals surface area contributed by atoms with Crippen molar-refractivity contribution < 1.29 is 9.53 Å². The van der Waals surface area contributed by atoms with E-state index in [4.69, 9.17) is 4.74 Å². The lowest BCUT2D eigenvalue weighted by atomic mass is 9.90. The normalized spacial score (nSPS) is 34.0. The second-order valence-electron chi connectivity index (χ2n) is 6.92. The van der Waals surface area contributed by atoms with Gasteiger partial charge in [-0.05, 0) is 44.9 Å². The van der Waals surface area contributed by atoms with Crippen molar-refractivity contribution in [2.75, 3.05) is 13.2 Å². The van der Waals surface area contributed by atoms with E-state index in [1.807, 2.05) is 6.92 Å². The summed E-state index contributed by atoms with van der Waals surface area (Å²) in [4.78, 5) is 15.0. The zero-order chi connectivity index (χ0) is 14.9. The molecule has 0 spiro atoms. The zero-order valence-corrected chi connectivity index (χ0v) is 13.6. The lowest BCUT2D eigenvalue weighted by molar-refractivity contribution is -0.137. The summed E-state index contributed by atoms with van der Waals surface area (Å²) in [7, 11) is 0. The predicted octanol–water partition coefficient (Wildman–Crippen LogP) is 2.38. The van der Waals surface area contributed by atoms with Gasteiger partial charge in [-0.2, -0.15) is 0 Å². The zero-order valence-electron chi connectivity index (χ0n) is 13.6. The Morgan fingerprint density at radius 1 is 1.35 bits per heavy atom. The van der Waals surface area contributed by atoms with Crippen LogP contribution in [0, 0.1) is 11.8 Å². The largest absolute Gasteiger partial charge is 0.381 e. The van der Waals surface area contributed by atoms with Crippen LogP contribution in [0.2, 0.25) is 0 Å². The Labute approximate surface area is 123 Å². The molecule has 0 radical (unpaired) electrons. The molecule has 116 valence electrons. The van der Waals surface area contributed by atoms with E-state index in [1.54, 1.807) is 0 Å². The summed E-state index contributed by atoms with van der Waals surface area (Å²) < 4.78 is 5.46. The van der Waals surface area contributed by atoms with E-state index in [0.717, 1.165) is 32.5 Å². The number of carbonyl (C=O) groups excluding carboxylic acids is 1. The molecule has 2 saturated heterocycles. The molecular formula is C16H30N2O2. The highest BCUT2D eigenvalue weighted by atomic mass is 16.5. The lowest BCUT2D eigenvalue weighted by Crippen LogP contribution is -2.49. The first-order valence-electron chi connectivity index (χ1n) is 8.09. The van der Waals surface area contributed by atoms with Gasteiger partial charge in [0.25, 0.3) is 0 Å². The second kappa shape index (κ2) is 6.02. The van der Waals surface area contributed by atoms with Crippen LogP contribution in [0.4, 0.5) is 0 Å². The van der Waals surface area contributed by atoms with Crippen molar-refractivity contribution in [1.82, 2.24) is 10.2 Å². The number of nitrogens with one attached hydrogen (secondary N) is 1. The van der Waals surface area contributed by atoms with Crippen LogP contribution < -0.4 is 5.32 Å². The summed E-state index contributed by atoms with van der Waals surface area (Å²) in [5.74, 6) is 1.27. The summed E-state index contributed by atoms with van der Waals surface area (Å²) in [5, 5.41) is 3.58. The van der Waals surface area contributed by atoms with Gasteiger partial charge in [-0.15, -0.1) is 0 Å². The van der Waals surface area contributed by atoms with Crippen LogP contribution in [0.5, 0.6) is 0 Å². The van der Waals surface area contributed by atoms with E-state index in [2.05, 4.69) is 37.9 Å². The maximum atomic E-state index is 12.9. The molecule has 3 unspecified atom stereocenters. The van der Waals surface area contributed by atoms with E-state index in [1.165, 1.54) is 0 Å². The standard InChI is InChI=1S/C16H30N2O2/c1-6-16(5)15(19)18(14(17-16)11(2)3)12(4)13-7-9-20-10-8-13/h11-14,17H,6-10H2,1-5H3. The molecule has 2 aliphatic rings. The molecule has 4 heteroatoms. The number of ether oxygens (including phenoxy) is 1. The number of carbonyl (C=O) groups is 1. The summed E-state index contributed by atoms with van der Waals surface area (Å²) in [6, 6.07) is 0.291. The third-order valence-corrected chi connectivity index (χ3v) is 5.20. The predicted molar refractivity (Wildman–Crippen MR) is 80.3 cm³/mol. The molecule has 3 atom stereocenters. The van der Waals surface area contributed by atoms with Crippen LogP contribution in [0.3, 0.4) is 0 Å². The lowest BCUT2D eigenvalue weighted by Gasteiger charge is -2.38. The van der Waals surface area contributed by atoms with Crippen molar-refractivity contribution in [3.8, 4) is 0 Å². The van der Waals surface area contributed by atoms with Crippen molar-refractivity contribution >= 4 is 5.91 Å². The highest BCUT2D eigenvalue weighted by molar-refractivity contribution is 5.88. The average molecular weight is 282 g/mol. The van der Waals surface area contributed by atoms with Gasteiger partial charge in [0.15, 0.2) is 0 Å². The molecule has 2 aliphatic heterocycles. The molecule has 0 aromatic heterocycles. The number of rotatable bonds is 4. The molecule has 0 aromatic carbocycles. The van der Waals surface area contributed by atoms with Crippen molar-refractivity contribution in [2.45, 2.75) is 71.6 Å². The summed E-state index contributed by atoms with van der Waals surface area (Å²) >= 11 is 0. The van der Waals surface area contributed by atoms with Gasteiger partial charge < -0.3 is 9.64 Å². The van der Waals surface area contributed by atoms with E-state index >= 15 is 0 Å². The summed E-state index contributed by atoms with van der Waals surface area (Å²) in [5.41, 5.74) is -0.394. The van der Waals surface area contributed by atoms with E-state index in [9.17, 15) is 4.79 Å². The van der Waals surface area contributed by atoms with Gasteiger partial charge in [0, 0.05) is 19.3 Å². The van der Waals surface area contributed by atoms with E-state index in [-0.39, 0.29) is 12.1 Å². The van der Waals surface area contributed by atoms with Crippen LogP contribution in [0.15, 0.2) is 0 Å². The number of hydrogen-bond donors (Lipinski definition) is 1. The third kappa shape index (κ3) is 2.73. The topological polar surface area (TPSA) is 41.6 Å². The van der Waals surface area contributed by atoms with Crippen LogP contribution in [-0.2, 0) is 9.53 Å². The Kier molecular flexibility index (Phi) is 4.75. The molecule has 4 nitrogen and oxygen atoms in total. The Balaban J connectivity index is 2.19. The molecule has 1 amide bonds. The Morgan fingerprint density at radius 2 is 1.95 bits per heavy atom. The Morgan fingerprint density at radius 3 is 2.45 bits per heavy atom. The van der Waals surface area contributed by atoms with Gasteiger partial charge in [-0.3, -0.25) is 10.1 Å². The van der Waals surface area contributed by atoms with E-state index < -0.39 is 5.54 Å². The van der Waals surface area contributed by atoms with Crippen LogP contribution in [0.1, 0.15) is 53.9 Å². The molecule has 0 aromatic rings. The first-order chi connectivity index (χ1) is 9.40. The van der Waals surface area contributed by atoms with Crippen molar-refractivity contribution in [3.05, 3.63) is 0 Å². The minimum absolute atomic E-state index is 0.158. The molecule has 20 heavy (non-hydrogen) atoms. The maximum absolute atomic E-state index is 12.9. The van der Waals surface area contributed by atoms with Gasteiger partial charge in [0.2, 0.25) is 5.91 Å². The van der Waals surface area contributed by atoms with Gasteiger partial charge in [0.05, 0.1) is 11.7 Å². The molecular weight excluding hydrogens is 252 g/mol. The minimum atomic E-state index is -0.394. The summed E-state index contributed by atoms with van der Waals surface area (Å²) in [6.07, 6.45) is 3.13. The molecule has 2 fully saturated rings. The molecule has 0 aliphatic carbocycles. The maximum Gasteiger partial charge on any atom is 0.244 e. The first-order valence-corrected chi connectivity index (χ1v) is 8.09.